The number of nitrogens with zero attached hydrogens (tertiary/aromatic N) is 1. The molecule has 1 saturated heterocycles. The van der Waals surface area contributed by atoms with Gasteiger partial charge in [0, 0.05) is 18.2 Å². The molecule has 0 bridgehead atoms. The summed E-state index contributed by atoms with van der Waals surface area (Å²) in [7, 11) is 0. The minimum absolute atomic E-state index is 0.00957. The van der Waals surface area contributed by atoms with Gasteiger partial charge in [-0.25, -0.2) is 4.39 Å². The molecule has 1 aliphatic heterocycles. The Bertz CT molecular complexity index is 747. The zero-order chi connectivity index (χ0) is 18.5. The van der Waals surface area contributed by atoms with Crippen molar-refractivity contribution in [3.63, 3.8) is 0 Å². The number of halogens is 1. The van der Waals surface area contributed by atoms with Crippen LogP contribution in [0, 0.1) is 12.7 Å². The normalized spacial score (nSPS) is 19.0. The molecule has 1 amide bonds. The predicted molar refractivity (Wildman–Crippen MR) is 100 cm³/mol. The summed E-state index contributed by atoms with van der Waals surface area (Å²) in [5, 5.41) is 10.6. The number of rotatable bonds is 4. The molecule has 1 fully saturated rings. The monoisotopic (exact) mass is 355 g/mol. The minimum atomic E-state index is -0.594. The molecule has 0 aromatic heterocycles. The maximum atomic E-state index is 13.4. The largest absolute Gasteiger partial charge is 0.388 e. The van der Waals surface area contributed by atoms with Crippen molar-refractivity contribution >= 4 is 5.91 Å². The van der Waals surface area contributed by atoms with E-state index in [0.29, 0.717) is 24.1 Å². The third-order valence-electron chi connectivity index (χ3n) is 5.24. The van der Waals surface area contributed by atoms with E-state index in [0.717, 1.165) is 31.2 Å². The van der Waals surface area contributed by atoms with Crippen molar-refractivity contribution < 1.29 is 14.3 Å². The number of carbonyl (C=O) groups is 1. The predicted octanol–water partition coefficient (Wildman–Crippen LogP) is 4.64. The van der Waals surface area contributed by atoms with Gasteiger partial charge in [0.1, 0.15) is 5.82 Å². The summed E-state index contributed by atoms with van der Waals surface area (Å²) in [5.41, 5.74) is 2.08. The molecule has 3 nitrogen and oxygen atoms in total. The summed E-state index contributed by atoms with van der Waals surface area (Å²) >= 11 is 0. The average Bonchev–Trinajstić information content (AvgIpc) is 2.87. The summed E-state index contributed by atoms with van der Waals surface area (Å²) in [6.45, 7) is 2.45. The Morgan fingerprint density at radius 1 is 1.19 bits per heavy atom. The fourth-order valence-electron chi connectivity index (χ4n) is 3.78. The van der Waals surface area contributed by atoms with Crippen LogP contribution in [-0.2, 0) is 0 Å². The molecule has 2 aromatic carbocycles. The zero-order valence-electron chi connectivity index (χ0n) is 15.2. The van der Waals surface area contributed by atoms with E-state index in [1.807, 2.05) is 35.2 Å². The lowest BCUT2D eigenvalue weighted by molar-refractivity contribution is 0.0587. The molecule has 26 heavy (non-hydrogen) atoms. The SMILES string of the molecule is Cc1cc(F)ccc1C(=O)N1CCCCCC1CC(O)c1ccccc1. The van der Waals surface area contributed by atoms with E-state index in [-0.39, 0.29) is 17.8 Å². The number of aliphatic hydroxyl groups is 1. The first-order valence-electron chi connectivity index (χ1n) is 9.36. The van der Waals surface area contributed by atoms with Crippen LogP contribution in [0.4, 0.5) is 4.39 Å². The van der Waals surface area contributed by atoms with Crippen LogP contribution in [0.25, 0.3) is 0 Å². The van der Waals surface area contributed by atoms with E-state index >= 15 is 0 Å². The van der Waals surface area contributed by atoms with E-state index in [1.165, 1.54) is 12.1 Å². The highest BCUT2D eigenvalue weighted by molar-refractivity contribution is 5.95. The van der Waals surface area contributed by atoms with Crippen LogP contribution in [0.3, 0.4) is 0 Å². The molecule has 1 N–H and O–H groups in total. The first kappa shape index (κ1) is 18.6. The first-order valence-corrected chi connectivity index (χ1v) is 9.36. The molecule has 1 heterocycles. The van der Waals surface area contributed by atoms with Crippen LogP contribution in [0.5, 0.6) is 0 Å². The zero-order valence-corrected chi connectivity index (χ0v) is 15.2. The van der Waals surface area contributed by atoms with Crippen molar-refractivity contribution in [1.82, 2.24) is 4.90 Å². The Hall–Kier alpha value is -2.20. The van der Waals surface area contributed by atoms with Gasteiger partial charge < -0.3 is 10.0 Å². The Kier molecular flexibility index (Phi) is 6.04. The fourth-order valence-corrected chi connectivity index (χ4v) is 3.78. The highest BCUT2D eigenvalue weighted by Crippen LogP contribution is 2.28. The van der Waals surface area contributed by atoms with Crippen LogP contribution in [-0.4, -0.2) is 28.5 Å². The Morgan fingerprint density at radius 3 is 2.69 bits per heavy atom. The summed E-state index contributed by atoms with van der Waals surface area (Å²) in [6, 6.07) is 13.9. The van der Waals surface area contributed by atoms with E-state index in [9.17, 15) is 14.3 Å². The van der Waals surface area contributed by atoms with Gasteiger partial charge in [-0.05, 0) is 55.5 Å². The number of aliphatic hydroxyl groups excluding tert-OH is 1. The van der Waals surface area contributed by atoms with Gasteiger partial charge in [0.25, 0.3) is 5.91 Å². The van der Waals surface area contributed by atoms with Crippen LogP contribution >= 0.6 is 0 Å². The highest BCUT2D eigenvalue weighted by Gasteiger charge is 2.29. The quantitative estimate of drug-likeness (QED) is 0.868. The number of aryl methyl sites for hydroxylation is 1. The third kappa shape index (κ3) is 4.31. The van der Waals surface area contributed by atoms with Gasteiger partial charge in [0.2, 0.25) is 0 Å². The molecule has 138 valence electrons. The second-order valence-corrected chi connectivity index (χ2v) is 7.12. The molecular weight excluding hydrogens is 329 g/mol. The molecule has 2 aromatic rings. The lowest BCUT2D eigenvalue weighted by atomic mass is 9.97. The number of amides is 1. The van der Waals surface area contributed by atoms with Gasteiger partial charge in [0.05, 0.1) is 6.10 Å². The van der Waals surface area contributed by atoms with Crippen LogP contribution in [0.15, 0.2) is 48.5 Å². The van der Waals surface area contributed by atoms with Crippen molar-refractivity contribution in [1.29, 1.82) is 0 Å². The topological polar surface area (TPSA) is 40.5 Å². The van der Waals surface area contributed by atoms with Gasteiger partial charge in [-0.3, -0.25) is 4.79 Å². The average molecular weight is 355 g/mol. The first-order chi connectivity index (χ1) is 12.6. The number of carbonyl (C=O) groups excluding carboxylic acids is 1. The third-order valence-corrected chi connectivity index (χ3v) is 5.24. The van der Waals surface area contributed by atoms with E-state index in [1.54, 1.807) is 13.0 Å². The maximum absolute atomic E-state index is 13.4. The maximum Gasteiger partial charge on any atom is 0.254 e. The molecule has 3 rings (SSSR count). The lowest BCUT2D eigenvalue weighted by Gasteiger charge is -2.32. The van der Waals surface area contributed by atoms with Crippen molar-refractivity contribution in [2.45, 2.75) is 51.2 Å². The summed E-state index contributed by atoms with van der Waals surface area (Å²) in [4.78, 5) is 15.0. The van der Waals surface area contributed by atoms with Crippen LogP contribution in [0.2, 0.25) is 0 Å². The highest BCUT2D eigenvalue weighted by atomic mass is 19.1. The Morgan fingerprint density at radius 2 is 1.96 bits per heavy atom. The standard InChI is InChI=1S/C22H26FNO2/c1-16-14-18(23)11-12-20(16)22(26)24-13-7-3-6-10-19(24)15-21(25)17-8-4-2-5-9-17/h2,4-5,8-9,11-12,14,19,21,25H,3,6-7,10,13,15H2,1H3. The van der Waals surface area contributed by atoms with Crippen LogP contribution in [0.1, 0.15) is 59.7 Å². The second-order valence-electron chi connectivity index (χ2n) is 7.12. The number of hydrogen-bond acceptors (Lipinski definition) is 2. The number of likely N-dealkylation sites (tertiary alicyclic amines) is 1. The molecule has 0 radical (unpaired) electrons. The van der Waals surface area contributed by atoms with Gasteiger partial charge in [-0.1, -0.05) is 43.2 Å². The van der Waals surface area contributed by atoms with Crippen molar-refractivity contribution in [3.8, 4) is 0 Å². The lowest BCUT2D eigenvalue weighted by Crippen LogP contribution is -2.41. The van der Waals surface area contributed by atoms with E-state index < -0.39 is 6.10 Å². The molecule has 0 saturated carbocycles. The summed E-state index contributed by atoms with van der Waals surface area (Å²) in [6.07, 6.45) is 3.92. The van der Waals surface area contributed by atoms with Gasteiger partial charge >= 0.3 is 0 Å². The number of hydrogen-bond donors (Lipinski definition) is 1. The molecule has 4 heteroatoms. The molecule has 0 aliphatic carbocycles. The van der Waals surface area contributed by atoms with Crippen molar-refractivity contribution in [2.75, 3.05) is 6.54 Å². The van der Waals surface area contributed by atoms with Gasteiger partial charge in [-0.2, -0.15) is 0 Å². The van der Waals surface area contributed by atoms with Gasteiger partial charge in [0.15, 0.2) is 0 Å². The summed E-state index contributed by atoms with van der Waals surface area (Å²) in [5.74, 6) is -0.388. The second kappa shape index (κ2) is 8.45. The van der Waals surface area contributed by atoms with Crippen molar-refractivity contribution in [2.24, 2.45) is 0 Å². The molecular formula is C22H26FNO2. The smallest absolute Gasteiger partial charge is 0.254 e. The fraction of sp³-hybridized carbons (Fsp3) is 0.409. The molecule has 2 unspecified atom stereocenters. The number of benzene rings is 2. The Labute approximate surface area is 154 Å². The minimum Gasteiger partial charge on any atom is -0.388 e. The summed E-state index contributed by atoms with van der Waals surface area (Å²) < 4.78 is 13.4. The molecule has 2 atom stereocenters. The van der Waals surface area contributed by atoms with Crippen LogP contribution < -0.4 is 0 Å². The molecule has 0 spiro atoms. The van der Waals surface area contributed by atoms with E-state index in [4.69, 9.17) is 0 Å². The van der Waals surface area contributed by atoms with E-state index in [2.05, 4.69) is 0 Å². The molecule has 1 aliphatic rings. The van der Waals surface area contributed by atoms with Crippen molar-refractivity contribution in [3.05, 3.63) is 71.0 Å². The Balaban J connectivity index is 1.81. The van der Waals surface area contributed by atoms with Gasteiger partial charge in [-0.15, -0.1) is 0 Å².